The van der Waals surface area contributed by atoms with Crippen molar-refractivity contribution in [2.75, 3.05) is 6.54 Å². The first-order valence-electron chi connectivity index (χ1n) is 9.41. The fourth-order valence-electron chi connectivity index (χ4n) is 3.37. The fraction of sp³-hybridized carbons (Fsp3) is 0.524. The van der Waals surface area contributed by atoms with Gasteiger partial charge in [-0.15, -0.1) is 0 Å². The fourth-order valence-corrected chi connectivity index (χ4v) is 3.37. The van der Waals surface area contributed by atoms with Crippen molar-refractivity contribution in [3.63, 3.8) is 0 Å². The summed E-state index contributed by atoms with van der Waals surface area (Å²) < 4.78 is 1.60. The molecule has 1 heterocycles. The number of aromatic nitrogens is 1. The summed E-state index contributed by atoms with van der Waals surface area (Å²) in [6.45, 7) is 7.16. The van der Waals surface area contributed by atoms with E-state index >= 15 is 0 Å². The van der Waals surface area contributed by atoms with Crippen LogP contribution in [0.5, 0.6) is 0 Å². The molecular formula is C21H30N2O2. The number of unbranched alkanes of at least 4 members (excludes halogenated alkanes) is 2. The Labute approximate surface area is 150 Å². The number of nitrogens with zero attached hydrogens (tertiary/aromatic N) is 2. The predicted octanol–water partition coefficient (Wildman–Crippen LogP) is 4.36. The van der Waals surface area contributed by atoms with Crippen molar-refractivity contribution in [3.05, 3.63) is 46.2 Å². The first kappa shape index (κ1) is 19.2. The van der Waals surface area contributed by atoms with E-state index in [1.807, 2.05) is 29.2 Å². The summed E-state index contributed by atoms with van der Waals surface area (Å²) in [7, 11) is 1.75. The normalized spacial score (nSPS) is 12.3. The zero-order valence-electron chi connectivity index (χ0n) is 15.9. The molecule has 0 N–H and O–H groups in total. The third-order valence-corrected chi connectivity index (χ3v) is 4.89. The molecule has 1 aromatic heterocycles. The third-order valence-electron chi connectivity index (χ3n) is 4.89. The molecule has 1 aromatic carbocycles. The monoisotopic (exact) mass is 342 g/mol. The molecule has 0 aliphatic heterocycles. The highest BCUT2D eigenvalue weighted by Crippen LogP contribution is 2.20. The van der Waals surface area contributed by atoms with Crippen LogP contribution in [-0.4, -0.2) is 28.0 Å². The quantitative estimate of drug-likeness (QED) is 0.669. The predicted molar refractivity (Wildman–Crippen MR) is 104 cm³/mol. The number of amides is 1. The van der Waals surface area contributed by atoms with E-state index in [2.05, 4.69) is 20.8 Å². The first-order chi connectivity index (χ1) is 12.0. The number of benzene rings is 1. The van der Waals surface area contributed by atoms with Crippen LogP contribution >= 0.6 is 0 Å². The van der Waals surface area contributed by atoms with Gasteiger partial charge in [0.25, 0.3) is 11.5 Å². The van der Waals surface area contributed by atoms with Gasteiger partial charge in [0.2, 0.25) is 0 Å². The number of para-hydroxylation sites is 1. The largest absolute Gasteiger partial charge is 0.336 e. The van der Waals surface area contributed by atoms with E-state index in [0.717, 1.165) is 49.6 Å². The maximum Gasteiger partial charge on any atom is 0.254 e. The SMILES string of the molecule is CCCCCN(C(=O)c1cc(=O)n(C)c2ccccc12)C(C)CCC. The number of rotatable bonds is 8. The van der Waals surface area contributed by atoms with E-state index in [9.17, 15) is 9.59 Å². The molecule has 1 atom stereocenters. The molecule has 0 saturated heterocycles. The van der Waals surface area contributed by atoms with Crippen molar-refractivity contribution < 1.29 is 4.79 Å². The summed E-state index contributed by atoms with van der Waals surface area (Å²) in [5, 5.41) is 0.846. The van der Waals surface area contributed by atoms with E-state index in [4.69, 9.17) is 0 Å². The number of hydrogen-bond acceptors (Lipinski definition) is 2. The average Bonchev–Trinajstić information content (AvgIpc) is 2.61. The lowest BCUT2D eigenvalue weighted by Crippen LogP contribution is -2.40. The van der Waals surface area contributed by atoms with E-state index in [1.54, 1.807) is 11.6 Å². The van der Waals surface area contributed by atoms with Crippen LogP contribution in [0, 0.1) is 0 Å². The summed E-state index contributed by atoms with van der Waals surface area (Å²) in [4.78, 5) is 27.6. The Balaban J connectivity index is 2.46. The summed E-state index contributed by atoms with van der Waals surface area (Å²) in [5.41, 5.74) is 1.19. The highest BCUT2D eigenvalue weighted by Gasteiger charge is 2.23. The van der Waals surface area contributed by atoms with Crippen LogP contribution in [-0.2, 0) is 7.05 Å². The summed E-state index contributed by atoms with van der Waals surface area (Å²) in [5.74, 6) is -0.0223. The lowest BCUT2D eigenvalue weighted by Gasteiger charge is -2.30. The van der Waals surface area contributed by atoms with Gasteiger partial charge in [-0.1, -0.05) is 51.3 Å². The Bertz CT molecular complexity index is 779. The first-order valence-corrected chi connectivity index (χ1v) is 9.41. The minimum atomic E-state index is -0.140. The molecule has 0 bridgehead atoms. The number of hydrogen-bond donors (Lipinski definition) is 0. The van der Waals surface area contributed by atoms with E-state index in [-0.39, 0.29) is 17.5 Å². The molecule has 0 radical (unpaired) electrons. The summed E-state index contributed by atoms with van der Waals surface area (Å²) in [6.07, 6.45) is 5.24. The summed E-state index contributed by atoms with van der Waals surface area (Å²) >= 11 is 0. The molecule has 1 unspecified atom stereocenters. The van der Waals surface area contributed by atoms with Crippen LogP contribution in [0.2, 0.25) is 0 Å². The zero-order chi connectivity index (χ0) is 18.4. The van der Waals surface area contributed by atoms with Gasteiger partial charge in [0.1, 0.15) is 0 Å². The van der Waals surface area contributed by atoms with Crippen LogP contribution in [0.1, 0.15) is 63.2 Å². The molecule has 25 heavy (non-hydrogen) atoms. The van der Waals surface area contributed by atoms with Crippen molar-refractivity contribution in [2.45, 2.75) is 58.9 Å². The van der Waals surface area contributed by atoms with Crippen molar-refractivity contribution in [1.29, 1.82) is 0 Å². The van der Waals surface area contributed by atoms with Crippen LogP contribution in [0.25, 0.3) is 10.9 Å². The maximum atomic E-state index is 13.3. The minimum Gasteiger partial charge on any atom is -0.336 e. The van der Waals surface area contributed by atoms with Crippen molar-refractivity contribution in [2.24, 2.45) is 7.05 Å². The highest BCUT2D eigenvalue weighted by molar-refractivity contribution is 6.06. The van der Waals surface area contributed by atoms with Crippen molar-refractivity contribution in [1.82, 2.24) is 9.47 Å². The molecule has 2 aromatic rings. The number of aryl methyl sites for hydroxylation is 1. The number of fused-ring (bicyclic) bond motifs is 1. The van der Waals surface area contributed by atoms with Gasteiger partial charge in [-0.25, -0.2) is 0 Å². The Morgan fingerprint density at radius 2 is 1.88 bits per heavy atom. The van der Waals surface area contributed by atoms with Gasteiger partial charge in [-0.3, -0.25) is 9.59 Å². The molecule has 0 saturated carbocycles. The molecule has 0 fully saturated rings. The second-order valence-electron chi connectivity index (χ2n) is 6.82. The van der Waals surface area contributed by atoms with Gasteiger partial charge in [-0.2, -0.15) is 0 Å². The maximum absolute atomic E-state index is 13.3. The van der Waals surface area contributed by atoms with Gasteiger partial charge in [0.15, 0.2) is 0 Å². The molecule has 0 spiro atoms. The standard InChI is InChI=1S/C21H30N2O2/c1-5-7-10-14-23(16(3)11-6-2)21(25)18-15-20(24)22(4)19-13-9-8-12-17(18)19/h8-9,12-13,15-16H,5-7,10-11,14H2,1-4H3. The average molecular weight is 342 g/mol. The molecule has 4 nitrogen and oxygen atoms in total. The molecule has 1 amide bonds. The second kappa shape index (κ2) is 8.84. The van der Waals surface area contributed by atoms with Gasteiger partial charge in [0, 0.05) is 31.1 Å². The number of carbonyl (C=O) groups is 1. The minimum absolute atomic E-state index is 0.0223. The van der Waals surface area contributed by atoms with Gasteiger partial charge < -0.3 is 9.47 Å². The van der Waals surface area contributed by atoms with Gasteiger partial charge in [-0.05, 0) is 25.8 Å². The van der Waals surface area contributed by atoms with Crippen molar-refractivity contribution in [3.8, 4) is 0 Å². The number of pyridine rings is 1. The lowest BCUT2D eigenvalue weighted by molar-refractivity contribution is 0.0681. The van der Waals surface area contributed by atoms with Gasteiger partial charge >= 0.3 is 0 Å². The number of carbonyl (C=O) groups excluding carboxylic acids is 1. The summed E-state index contributed by atoms with van der Waals surface area (Å²) in [6, 6.07) is 9.31. The second-order valence-corrected chi connectivity index (χ2v) is 6.82. The van der Waals surface area contributed by atoms with E-state index in [0.29, 0.717) is 5.56 Å². The van der Waals surface area contributed by atoms with Crippen LogP contribution < -0.4 is 5.56 Å². The zero-order valence-corrected chi connectivity index (χ0v) is 15.9. The molecule has 0 aliphatic rings. The molecule has 136 valence electrons. The van der Waals surface area contributed by atoms with Crippen molar-refractivity contribution >= 4 is 16.8 Å². The Morgan fingerprint density at radius 1 is 1.16 bits per heavy atom. The topological polar surface area (TPSA) is 42.3 Å². The van der Waals surface area contributed by atoms with Crippen LogP contribution in [0.4, 0.5) is 0 Å². The lowest BCUT2D eigenvalue weighted by atomic mass is 10.0. The van der Waals surface area contributed by atoms with Gasteiger partial charge in [0.05, 0.1) is 11.1 Å². The van der Waals surface area contributed by atoms with E-state index in [1.165, 1.54) is 6.07 Å². The Morgan fingerprint density at radius 3 is 2.56 bits per heavy atom. The molecule has 4 heteroatoms. The highest BCUT2D eigenvalue weighted by atomic mass is 16.2. The Kier molecular flexibility index (Phi) is 6.80. The Hall–Kier alpha value is -2.10. The molecule has 2 rings (SSSR count). The van der Waals surface area contributed by atoms with E-state index < -0.39 is 0 Å². The van der Waals surface area contributed by atoms with Crippen LogP contribution in [0.15, 0.2) is 35.1 Å². The smallest absolute Gasteiger partial charge is 0.254 e. The third kappa shape index (κ3) is 4.30. The molecular weight excluding hydrogens is 312 g/mol. The molecule has 0 aliphatic carbocycles. The van der Waals surface area contributed by atoms with Crippen LogP contribution in [0.3, 0.4) is 0 Å².